The number of anilines is 1. The maximum Gasteiger partial charge on any atom is 0.418 e. The first kappa shape index (κ1) is 18.2. The summed E-state index contributed by atoms with van der Waals surface area (Å²) in [5.41, 5.74) is -2.66. The molecule has 26 heavy (non-hydrogen) atoms. The molecule has 0 unspecified atom stereocenters. The van der Waals surface area contributed by atoms with E-state index in [0.29, 0.717) is 11.0 Å². The van der Waals surface area contributed by atoms with Gasteiger partial charge in [0.25, 0.3) is 0 Å². The minimum absolute atomic E-state index is 0.122. The first-order valence-electron chi connectivity index (χ1n) is 7.22. The fourth-order valence-electron chi connectivity index (χ4n) is 2.80. The van der Waals surface area contributed by atoms with Crippen LogP contribution in [0.15, 0.2) is 36.5 Å². The van der Waals surface area contributed by atoms with Crippen LogP contribution in [0.3, 0.4) is 0 Å². The molecule has 1 aromatic carbocycles. The van der Waals surface area contributed by atoms with Crippen molar-refractivity contribution in [3.63, 3.8) is 0 Å². The van der Waals surface area contributed by atoms with E-state index in [2.05, 4.69) is 4.98 Å². The number of pyridine rings is 1. The Hall–Kier alpha value is -2.62. The van der Waals surface area contributed by atoms with Crippen molar-refractivity contribution in [1.29, 1.82) is 0 Å². The van der Waals surface area contributed by atoms with Crippen LogP contribution in [0.2, 0.25) is 0 Å². The average Bonchev–Trinajstić information content (AvgIpc) is 2.74. The van der Waals surface area contributed by atoms with Gasteiger partial charge in [-0.1, -0.05) is 12.1 Å². The fraction of sp³-hybridized carbons (Fsp3) is 0.250. The SMILES string of the molecule is O=C1N(Cc2ccnc(F)c2)c2cccc([C@@H](O)C(F)(F)F)c2C1(F)F. The number of nitrogens with zero attached hydrogens (tertiary/aromatic N) is 2. The predicted molar refractivity (Wildman–Crippen MR) is 76.7 cm³/mol. The molecule has 2 heterocycles. The number of hydrogen-bond donors (Lipinski definition) is 1. The molecule has 4 nitrogen and oxygen atoms in total. The summed E-state index contributed by atoms with van der Waals surface area (Å²) in [6.07, 6.45) is -7.29. The van der Waals surface area contributed by atoms with E-state index in [4.69, 9.17) is 0 Å². The molecule has 0 fully saturated rings. The highest BCUT2D eigenvalue weighted by Crippen LogP contribution is 2.49. The monoisotopic (exact) mass is 376 g/mol. The lowest BCUT2D eigenvalue weighted by Gasteiger charge is -2.20. The molecule has 0 spiro atoms. The van der Waals surface area contributed by atoms with Crippen LogP contribution in [0.1, 0.15) is 22.8 Å². The van der Waals surface area contributed by atoms with Crippen molar-refractivity contribution in [2.24, 2.45) is 0 Å². The molecule has 1 amide bonds. The summed E-state index contributed by atoms with van der Waals surface area (Å²) in [7, 11) is 0. The molecule has 0 aliphatic carbocycles. The van der Waals surface area contributed by atoms with Gasteiger partial charge in [0.15, 0.2) is 6.10 Å². The molecule has 1 aliphatic rings. The summed E-state index contributed by atoms with van der Waals surface area (Å²) in [6.45, 7) is -0.494. The van der Waals surface area contributed by atoms with Gasteiger partial charge in [0.2, 0.25) is 5.95 Å². The third-order valence-electron chi connectivity index (χ3n) is 3.93. The van der Waals surface area contributed by atoms with E-state index in [-0.39, 0.29) is 5.56 Å². The Morgan fingerprint density at radius 1 is 1.23 bits per heavy atom. The van der Waals surface area contributed by atoms with Crippen LogP contribution in [-0.2, 0) is 17.3 Å². The van der Waals surface area contributed by atoms with Gasteiger partial charge in [-0.3, -0.25) is 4.79 Å². The predicted octanol–water partition coefficient (Wildman–Crippen LogP) is 3.46. The van der Waals surface area contributed by atoms with Crippen molar-refractivity contribution >= 4 is 11.6 Å². The second-order valence-corrected chi connectivity index (χ2v) is 5.64. The van der Waals surface area contributed by atoms with Crippen molar-refractivity contribution in [2.45, 2.75) is 24.7 Å². The fourth-order valence-corrected chi connectivity index (χ4v) is 2.80. The molecule has 1 aliphatic heterocycles. The minimum atomic E-state index is -5.18. The molecular weight excluding hydrogens is 366 g/mol. The highest BCUT2D eigenvalue weighted by atomic mass is 19.4. The first-order chi connectivity index (χ1) is 12.0. The Balaban J connectivity index is 2.10. The third kappa shape index (κ3) is 2.90. The molecule has 10 heteroatoms. The van der Waals surface area contributed by atoms with Crippen LogP contribution in [0, 0.1) is 5.95 Å². The van der Waals surface area contributed by atoms with Gasteiger partial charge >= 0.3 is 18.0 Å². The van der Waals surface area contributed by atoms with Gasteiger partial charge in [0, 0.05) is 11.8 Å². The number of amides is 1. The number of alkyl halides is 5. The van der Waals surface area contributed by atoms with Crippen LogP contribution in [0.25, 0.3) is 0 Å². The number of carbonyl (C=O) groups is 1. The molecule has 138 valence electrons. The number of benzene rings is 1. The number of halogens is 6. The quantitative estimate of drug-likeness (QED) is 0.660. The van der Waals surface area contributed by atoms with Crippen molar-refractivity contribution < 1.29 is 36.2 Å². The third-order valence-corrected chi connectivity index (χ3v) is 3.93. The van der Waals surface area contributed by atoms with E-state index in [1.54, 1.807) is 0 Å². The molecule has 0 saturated heterocycles. The number of aliphatic hydroxyl groups is 1. The van der Waals surface area contributed by atoms with Crippen molar-refractivity contribution in [3.8, 4) is 0 Å². The zero-order valence-corrected chi connectivity index (χ0v) is 12.8. The highest BCUT2D eigenvalue weighted by molar-refractivity contribution is 6.06. The summed E-state index contributed by atoms with van der Waals surface area (Å²) in [4.78, 5) is 15.9. The average molecular weight is 376 g/mol. The van der Waals surface area contributed by atoms with Crippen LogP contribution >= 0.6 is 0 Å². The van der Waals surface area contributed by atoms with Crippen LogP contribution < -0.4 is 4.90 Å². The van der Waals surface area contributed by atoms with Crippen molar-refractivity contribution in [3.05, 3.63) is 59.2 Å². The number of rotatable bonds is 3. The summed E-state index contributed by atoms with van der Waals surface area (Å²) >= 11 is 0. The maximum atomic E-state index is 14.4. The summed E-state index contributed by atoms with van der Waals surface area (Å²) < 4.78 is 80.4. The number of aliphatic hydroxyl groups excluding tert-OH is 1. The molecule has 0 bridgehead atoms. The Kier molecular flexibility index (Phi) is 4.18. The second kappa shape index (κ2) is 5.97. The summed E-state index contributed by atoms with van der Waals surface area (Å²) in [6, 6.07) is 4.95. The van der Waals surface area contributed by atoms with Crippen LogP contribution in [0.4, 0.5) is 32.0 Å². The Labute approximate surface area is 142 Å². The number of fused-ring (bicyclic) bond motifs is 1. The Bertz CT molecular complexity index is 868. The van der Waals surface area contributed by atoms with Gasteiger partial charge in [-0.15, -0.1) is 0 Å². The van der Waals surface area contributed by atoms with E-state index in [0.717, 1.165) is 24.4 Å². The lowest BCUT2D eigenvalue weighted by Crippen LogP contribution is -2.34. The highest BCUT2D eigenvalue weighted by Gasteiger charge is 2.56. The number of carbonyl (C=O) groups excluding carboxylic acids is 1. The van der Waals surface area contributed by atoms with Crippen LogP contribution in [0.5, 0.6) is 0 Å². The number of aromatic nitrogens is 1. The van der Waals surface area contributed by atoms with E-state index < -0.39 is 53.4 Å². The molecular formula is C16H10F6N2O2. The maximum absolute atomic E-state index is 14.4. The molecule has 1 N–H and O–H groups in total. The largest absolute Gasteiger partial charge is 0.418 e. The molecule has 1 atom stereocenters. The second-order valence-electron chi connectivity index (χ2n) is 5.64. The van der Waals surface area contributed by atoms with E-state index in [9.17, 15) is 36.2 Å². The minimum Gasteiger partial charge on any atom is -0.379 e. The lowest BCUT2D eigenvalue weighted by molar-refractivity contribution is -0.207. The van der Waals surface area contributed by atoms with Gasteiger partial charge in [-0.25, -0.2) is 4.98 Å². The number of hydrogen-bond acceptors (Lipinski definition) is 3. The Morgan fingerprint density at radius 3 is 2.54 bits per heavy atom. The smallest absolute Gasteiger partial charge is 0.379 e. The van der Waals surface area contributed by atoms with Crippen molar-refractivity contribution in [1.82, 2.24) is 4.98 Å². The Morgan fingerprint density at radius 2 is 1.92 bits per heavy atom. The van der Waals surface area contributed by atoms with Gasteiger partial charge in [0.05, 0.1) is 17.8 Å². The molecule has 0 saturated carbocycles. The lowest BCUT2D eigenvalue weighted by atomic mass is 9.97. The normalized spacial score (nSPS) is 17.3. The zero-order chi connectivity index (χ0) is 19.3. The topological polar surface area (TPSA) is 53.4 Å². The van der Waals surface area contributed by atoms with Gasteiger partial charge < -0.3 is 10.0 Å². The summed E-state index contributed by atoms with van der Waals surface area (Å²) in [5, 5.41) is 9.41. The first-order valence-corrected chi connectivity index (χ1v) is 7.22. The van der Waals surface area contributed by atoms with E-state index >= 15 is 0 Å². The van der Waals surface area contributed by atoms with E-state index in [1.807, 2.05) is 0 Å². The molecule has 2 aromatic rings. The van der Waals surface area contributed by atoms with Crippen LogP contribution in [-0.4, -0.2) is 22.2 Å². The zero-order valence-electron chi connectivity index (χ0n) is 12.8. The van der Waals surface area contributed by atoms with Gasteiger partial charge in [-0.05, 0) is 23.8 Å². The standard InChI is InChI=1S/C16H10F6N2O2/c17-11-6-8(4-5-23-11)7-24-10-3-1-2-9(13(25)16(20,21)22)12(10)15(18,19)14(24)26/h1-6,13,25H,7H2/t13-/m1/s1. The summed E-state index contributed by atoms with van der Waals surface area (Å²) in [5.74, 6) is -6.92. The van der Waals surface area contributed by atoms with E-state index in [1.165, 1.54) is 6.07 Å². The van der Waals surface area contributed by atoms with Gasteiger partial charge in [-0.2, -0.15) is 26.3 Å². The molecule has 3 rings (SSSR count). The van der Waals surface area contributed by atoms with Gasteiger partial charge in [0.1, 0.15) is 0 Å². The molecule has 0 radical (unpaired) electrons. The van der Waals surface area contributed by atoms with Crippen molar-refractivity contribution in [2.75, 3.05) is 4.90 Å². The molecule has 1 aromatic heterocycles.